The second kappa shape index (κ2) is 14.5. The molecule has 3 rings (SSSR count). The third kappa shape index (κ3) is 8.83. The van der Waals surface area contributed by atoms with Crippen molar-refractivity contribution in [3.8, 4) is 5.75 Å². The van der Waals surface area contributed by atoms with Gasteiger partial charge in [-0.1, -0.05) is 80.1 Å². The van der Waals surface area contributed by atoms with Crippen molar-refractivity contribution in [1.82, 2.24) is 10.2 Å². The summed E-state index contributed by atoms with van der Waals surface area (Å²) in [6, 6.07) is 19.7. The molecule has 0 aliphatic rings. The van der Waals surface area contributed by atoms with E-state index in [0.29, 0.717) is 23.2 Å². The third-order valence-electron chi connectivity index (χ3n) is 6.83. The average molecular weight is 574 g/mol. The van der Waals surface area contributed by atoms with Crippen molar-refractivity contribution in [1.29, 1.82) is 0 Å². The summed E-state index contributed by atoms with van der Waals surface area (Å²) >= 11 is 0. The van der Waals surface area contributed by atoms with Gasteiger partial charge in [0.25, 0.3) is 5.91 Å². The molecule has 2 atom stereocenters. The lowest BCUT2D eigenvalue weighted by Crippen LogP contribution is -2.53. The predicted molar refractivity (Wildman–Crippen MR) is 165 cm³/mol. The molecular formula is C34H43N3O5. The third-order valence-corrected chi connectivity index (χ3v) is 6.83. The Balaban J connectivity index is 2.10. The highest BCUT2D eigenvalue weighted by Gasteiger charge is 2.37. The van der Waals surface area contributed by atoms with Gasteiger partial charge in [0.1, 0.15) is 23.4 Å². The lowest BCUT2D eigenvalue weighted by Gasteiger charge is -2.35. The molecule has 8 heteroatoms. The molecule has 3 aromatic rings. The molecule has 0 saturated heterocycles. The number of carbonyl (C=O) groups excluding carboxylic acids is 3. The predicted octanol–water partition coefficient (Wildman–Crippen LogP) is 6.45. The van der Waals surface area contributed by atoms with E-state index >= 15 is 0 Å². The van der Waals surface area contributed by atoms with Gasteiger partial charge in [-0.15, -0.1) is 0 Å². The SMILES string of the molecule is CCCCN(C(=O)C(Cc1ccccc1)NC(=O)OC(C)(C)C)C(C(=O)Nc1ccccc1C)c1cccc(C)c1O. The molecule has 2 unspecified atom stereocenters. The van der Waals surface area contributed by atoms with Crippen LogP contribution in [0.1, 0.15) is 68.8 Å². The van der Waals surface area contributed by atoms with Crippen LogP contribution in [0.2, 0.25) is 0 Å². The molecule has 0 spiro atoms. The average Bonchev–Trinajstić information content (AvgIpc) is 2.93. The highest BCUT2D eigenvalue weighted by Crippen LogP contribution is 2.33. The number of ether oxygens (including phenoxy) is 1. The number of rotatable bonds is 11. The molecule has 0 fully saturated rings. The van der Waals surface area contributed by atoms with Crippen LogP contribution < -0.4 is 10.6 Å². The molecule has 3 amide bonds. The molecule has 0 aliphatic heterocycles. The number of unbranched alkanes of at least 4 members (excludes halogenated alkanes) is 1. The molecule has 8 nitrogen and oxygen atoms in total. The summed E-state index contributed by atoms with van der Waals surface area (Å²) in [6.07, 6.45) is 0.828. The van der Waals surface area contributed by atoms with Crippen LogP contribution in [0.3, 0.4) is 0 Å². The molecule has 0 heterocycles. The fourth-order valence-corrected chi connectivity index (χ4v) is 4.66. The molecule has 0 radical (unpaired) electrons. The molecule has 0 saturated carbocycles. The number of benzene rings is 3. The lowest BCUT2D eigenvalue weighted by molar-refractivity contribution is -0.141. The van der Waals surface area contributed by atoms with Gasteiger partial charge in [0.05, 0.1) is 0 Å². The summed E-state index contributed by atoms with van der Waals surface area (Å²) in [6.45, 7) is 11.1. The first kappa shape index (κ1) is 32.2. The number of alkyl carbamates (subject to hydrolysis) is 1. The Morgan fingerprint density at radius 1 is 0.905 bits per heavy atom. The van der Waals surface area contributed by atoms with Crippen molar-refractivity contribution in [3.63, 3.8) is 0 Å². The van der Waals surface area contributed by atoms with E-state index in [1.54, 1.807) is 52.0 Å². The second-order valence-corrected chi connectivity index (χ2v) is 11.5. The van der Waals surface area contributed by atoms with Gasteiger partial charge in [0, 0.05) is 24.2 Å². The van der Waals surface area contributed by atoms with Crippen LogP contribution in [0.15, 0.2) is 72.8 Å². The number of phenols is 1. The minimum absolute atomic E-state index is 0.0588. The van der Waals surface area contributed by atoms with Crippen LogP contribution in [-0.4, -0.2) is 46.1 Å². The number of nitrogens with zero attached hydrogens (tertiary/aromatic N) is 1. The summed E-state index contributed by atoms with van der Waals surface area (Å²) in [5.74, 6) is -0.981. The molecule has 3 aromatic carbocycles. The maximum Gasteiger partial charge on any atom is 0.408 e. The maximum absolute atomic E-state index is 14.5. The van der Waals surface area contributed by atoms with Gasteiger partial charge >= 0.3 is 6.09 Å². The topological polar surface area (TPSA) is 108 Å². The van der Waals surface area contributed by atoms with E-state index in [1.807, 2.05) is 62.4 Å². The van der Waals surface area contributed by atoms with Gasteiger partial charge in [-0.25, -0.2) is 4.79 Å². The molecular weight excluding hydrogens is 530 g/mol. The smallest absolute Gasteiger partial charge is 0.408 e. The van der Waals surface area contributed by atoms with Crippen LogP contribution >= 0.6 is 0 Å². The number of anilines is 1. The fraction of sp³-hybridized carbons (Fsp3) is 0.382. The maximum atomic E-state index is 14.5. The molecule has 0 bridgehead atoms. The van der Waals surface area contributed by atoms with Crippen LogP contribution in [-0.2, 0) is 20.7 Å². The zero-order valence-corrected chi connectivity index (χ0v) is 25.4. The number of hydrogen-bond acceptors (Lipinski definition) is 5. The first-order chi connectivity index (χ1) is 19.9. The van der Waals surface area contributed by atoms with E-state index in [4.69, 9.17) is 4.74 Å². The summed E-state index contributed by atoms with van der Waals surface area (Å²) < 4.78 is 5.50. The van der Waals surface area contributed by atoms with E-state index in [2.05, 4.69) is 10.6 Å². The summed E-state index contributed by atoms with van der Waals surface area (Å²) in [5.41, 5.74) is 2.42. The Morgan fingerprint density at radius 3 is 2.19 bits per heavy atom. The Labute approximate surface area is 249 Å². The van der Waals surface area contributed by atoms with Gasteiger partial charge in [-0.3, -0.25) is 9.59 Å². The number of amides is 3. The number of nitrogens with one attached hydrogen (secondary N) is 2. The van der Waals surface area contributed by atoms with Gasteiger partial charge in [-0.2, -0.15) is 0 Å². The van der Waals surface area contributed by atoms with Crippen LogP contribution in [0.25, 0.3) is 0 Å². The standard InChI is InChI=1S/C34H43N3O5/c1-7-8-21-37(32(40)28(22-25-17-10-9-11-18-25)36-33(41)42-34(4,5)6)29(26-19-14-16-24(3)30(26)38)31(39)35-27-20-13-12-15-23(27)2/h9-20,28-29,38H,7-8,21-22H2,1-6H3,(H,35,39)(H,36,41). The van der Waals surface area contributed by atoms with Crippen molar-refractivity contribution < 1.29 is 24.2 Å². The monoisotopic (exact) mass is 573 g/mol. The Hall–Kier alpha value is -4.33. The van der Waals surface area contributed by atoms with Crippen molar-refractivity contribution >= 4 is 23.6 Å². The van der Waals surface area contributed by atoms with E-state index < -0.39 is 35.6 Å². The van der Waals surface area contributed by atoms with Crippen molar-refractivity contribution in [2.24, 2.45) is 0 Å². The van der Waals surface area contributed by atoms with Crippen molar-refractivity contribution in [3.05, 3.63) is 95.1 Å². The number of phenolic OH excluding ortho intramolecular Hbond substituents is 1. The molecule has 42 heavy (non-hydrogen) atoms. The zero-order valence-electron chi connectivity index (χ0n) is 25.4. The van der Waals surface area contributed by atoms with Gasteiger partial charge in [-0.05, 0) is 63.8 Å². The quantitative estimate of drug-likeness (QED) is 0.244. The van der Waals surface area contributed by atoms with E-state index in [9.17, 15) is 19.5 Å². The van der Waals surface area contributed by atoms with E-state index in [0.717, 1.165) is 17.5 Å². The first-order valence-corrected chi connectivity index (χ1v) is 14.4. The molecule has 3 N–H and O–H groups in total. The minimum Gasteiger partial charge on any atom is -0.507 e. The fourth-order valence-electron chi connectivity index (χ4n) is 4.66. The Bertz CT molecular complexity index is 1370. The number of para-hydroxylation sites is 2. The molecule has 0 aromatic heterocycles. The summed E-state index contributed by atoms with van der Waals surface area (Å²) in [4.78, 5) is 43.0. The van der Waals surface area contributed by atoms with Crippen molar-refractivity contribution in [2.45, 2.75) is 78.5 Å². The number of carbonyl (C=O) groups is 3. The normalized spacial score (nSPS) is 12.6. The Kier molecular flexibility index (Phi) is 11.1. The number of aromatic hydroxyl groups is 1. The van der Waals surface area contributed by atoms with Gasteiger partial charge < -0.3 is 25.4 Å². The van der Waals surface area contributed by atoms with Crippen molar-refractivity contribution in [2.75, 3.05) is 11.9 Å². The largest absolute Gasteiger partial charge is 0.507 e. The second-order valence-electron chi connectivity index (χ2n) is 11.5. The van der Waals surface area contributed by atoms with Crippen LogP contribution in [0.5, 0.6) is 5.75 Å². The molecule has 224 valence electrons. The number of hydrogen-bond donors (Lipinski definition) is 3. The highest BCUT2D eigenvalue weighted by molar-refractivity contribution is 5.99. The van der Waals surface area contributed by atoms with E-state index in [1.165, 1.54) is 4.90 Å². The van der Waals surface area contributed by atoms with Crippen LogP contribution in [0, 0.1) is 13.8 Å². The highest BCUT2D eigenvalue weighted by atomic mass is 16.6. The summed E-state index contributed by atoms with van der Waals surface area (Å²) in [7, 11) is 0. The lowest BCUT2D eigenvalue weighted by atomic mass is 9.97. The zero-order chi connectivity index (χ0) is 30.9. The van der Waals surface area contributed by atoms with Gasteiger partial charge in [0.2, 0.25) is 5.91 Å². The Morgan fingerprint density at radius 2 is 1.55 bits per heavy atom. The number of aryl methyl sites for hydroxylation is 2. The van der Waals surface area contributed by atoms with Gasteiger partial charge in [0.15, 0.2) is 0 Å². The van der Waals surface area contributed by atoms with Crippen LogP contribution in [0.4, 0.5) is 10.5 Å². The molecule has 0 aliphatic carbocycles. The summed E-state index contributed by atoms with van der Waals surface area (Å²) in [5, 5.41) is 16.9. The van der Waals surface area contributed by atoms with E-state index in [-0.39, 0.29) is 18.7 Å². The first-order valence-electron chi connectivity index (χ1n) is 14.4. The minimum atomic E-state index is -1.16.